The van der Waals surface area contributed by atoms with Gasteiger partial charge in [-0.3, -0.25) is 9.78 Å². The van der Waals surface area contributed by atoms with Gasteiger partial charge in [0.25, 0.3) is 5.91 Å². The summed E-state index contributed by atoms with van der Waals surface area (Å²) >= 11 is 3.49. The Labute approximate surface area is 148 Å². The predicted molar refractivity (Wildman–Crippen MR) is 93.0 cm³/mol. The Morgan fingerprint density at radius 1 is 1.17 bits per heavy atom. The fraction of sp³-hybridized carbons (Fsp3) is 0.167. The predicted octanol–water partition coefficient (Wildman–Crippen LogP) is 3.17. The maximum Gasteiger partial charge on any atom is 0.250 e. The molecule has 6 heteroatoms. The van der Waals surface area contributed by atoms with Crippen LogP contribution in [0.25, 0.3) is 0 Å². The van der Waals surface area contributed by atoms with E-state index in [1.54, 1.807) is 18.7 Å². The van der Waals surface area contributed by atoms with Crippen molar-refractivity contribution in [2.75, 3.05) is 0 Å². The lowest BCUT2D eigenvalue weighted by atomic mass is 10.0. The monoisotopic (exact) mass is 382 g/mol. The molecule has 0 bridgehead atoms. The molecule has 0 radical (unpaired) electrons. The van der Waals surface area contributed by atoms with Crippen LogP contribution in [0.4, 0.5) is 0 Å². The maximum absolute atomic E-state index is 13.1. The fourth-order valence-corrected chi connectivity index (χ4v) is 3.49. The van der Waals surface area contributed by atoms with Gasteiger partial charge in [0.1, 0.15) is 6.04 Å². The number of fused-ring (bicyclic) bond motifs is 1. The summed E-state index contributed by atoms with van der Waals surface area (Å²) in [5.41, 5.74) is 3.06. The Morgan fingerprint density at radius 2 is 2.00 bits per heavy atom. The number of hydrogen-bond acceptors (Lipinski definition) is 3. The Morgan fingerprint density at radius 3 is 2.79 bits per heavy atom. The van der Waals surface area contributed by atoms with Gasteiger partial charge < -0.3 is 9.47 Å². The highest BCUT2D eigenvalue weighted by molar-refractivity contribution is 9.10. The highest BCUT2D eigenvalue weighted by Gasteiger charge is 2.34. The number of rotatable bonds is 3. The molecule has 1 atom stereocenters. The average Bonchev–Trinajstić information content (AvgIpc) is 3.04. The second-order valence-corrected chi connectivity index (χ2v) is 6.72. The van der Waals surface area contributed by atoms with Gasteiger partial charge in [-0.1, -0.05) is 28.1 Å². The van der Waals surface area contributed by atoms with Crippen LogP contribution in [-0.4, -0.2) is 25.3 Å². The van der Waals surface area contributed by atoms with Crippen molar-refractivity contribution >= 4 is 21.8 Å². The second kappa shape index (κ2) is 6.20. The van der Waals surface area contributed by atoms with E-state index in [0.717, 1.165) is 21.3 Å². The lowest BCUT2D eigenvalue weighted by molar-refractivity contribution is -0.136. The van der Waals surface area contributed by atoms with E-state index in [9.17, 15) is 4.79 Å². The van der Waals surface area contributed by atoms with Gasteiger partial charge in [-0.05, 0) is 35.4 Å². The largest absolute Gasteiger partial charge is 0.330 e. The van der Waals surface area contributed by atoms with Crippen LogP contribution < -0.4 is 0 Å². The summed E-state index contributed by atoms with van der Waals surface area (Å²) in [5, 5.41) is 0. The van der Waals surface area contributed by atoms with E-state index >= 15 is 0 Å². The van der Waals surface area contributed by atoms with Gasteiger partial charge in [0.15, 0.2) is 0 Å². The number of carbonyl (C=O) groups excluding carboxylic acids is 1. The zero-order chi connectivity index (χ0) is 16.5. The summed E-state index contributed by atoms with van der Waals surface area (Å²) in [6.07, 6.45) is 7.07. The maximum atomic E-state index is 13.1. The molecule has 2 aromatic heterocycles. The minimum absolute atomic E-state index is 0.0791. The Bertz CT molecular complexity index is 877. The molecule has 0 saturated carbocycles. The molecule has 1 unspecified atom stereocenters. The first kappa shape index (κ1) is 15.1. The molecular formula is C18H15BrN4O. The van der Waals surface area contributed by atoms with Crippen molar-refractivity contribution in [2.45, 2.75) is 19.1 Å². The van der Waals surface area contributed by atoms with Gasteiger partial charge in [-0.15, -0.1) is 0 Å². The number of pyridine rings is 1. The van der Waals surface area contributed by atoms with Crippen molar-refractivity contribution in [2.24, 2.45) is 0 Å². The van der Waals surface area contributed by atoms with Gasteiger partial charge in [0, 0.05) is 29.6 Å². The van der Waals surface area contributed by atoms with Crippen molar-refractivity contribution in [3.8, 4) is 0 Å². The van der Waals surface area contributed by atoms with Crippen molar-refractivity contribution in [1.29, 1.82) is 0 Å². The van der Waals surface area contributed by atoms with E-state index in [0.29, 0.717) is 13.1 Å². The molecule has 3 aromatic rings. The summed E-state index contributed by atoms with van der Waals surface area (Å²) in [6.45, 7) is 1.13. The number of amides is 1. The lowest BCUT2D eigenvalue weighted by Crippen LogP contribution is -2.42. The molecule has 1 aliphatic heterocycles. The molecule has 4 rings (SSSR count). The molecule has 0 aliphatic carbocycles. The van der Waals surface area contributed by atoms with Crippen LogP contribution in [0, 0.1) is 0 Å². The Balaban J connectivity index is 1.72. The molecule has 1 aliphatic rings. The molecule has 0 N–H and O–H groups in total. The van der Waals surface area contributed by atoms with E-state index in [2.05, 4.69) is 25.9 Å². The number of imidazole rings is 1. The molecular weight excluding hydrogens is 368 g/mol. The quantitative estimate of drug-likeness (QED) is 0.698. The van der Waals surface area contributed by atoms with Crippen LogP contribution in [0.5, 0.6) is 0 Å². The third-order valence-corrected chi connectivity index (χ3v) is 4.70. The van der Waals surface area contributed by atoms with Crippen LogP contribution in [0.1, 0.15) is 22.9 Å². The number of hydrogen-bond donors (Lipinski definition) is 0. The molecule has 0 spiro atoms. The number of halogens is 1. The molecule has 120 valence electrons. The SMILES string of the molecule is O=C1C(c2cccc(Br)c2)n2cncc2CN1Cc1ccncc1. The van der Waals surface area contributed by atoms with Gasteiger partial charge in [-0.25, -0.2) is 4.98 Å². The summed E-state index contributed by atoms with van der Waals surface area (Å²) in [7, 11) is 0. The second-order valence-electron chi connectivity index (χ2n) is 5.80. The van der Waals surface area contributed by atoms with E-state index in [1.807, 2.05) is 52.1 Å². The normalized spacial score (nSPS) is 17.0. The summed E-state index contributed by atoms with van der Waals surface area (Å²) in [6, 6.07) is 11.4. The van der Waals surface area contributed by atoms with E-state index in [4.69, 9.17) is 0 Å². The van der Waals surface area contributed by atoms with Crippen LogP contribution in [0.15, 0.2) is 65.8 Å². The Hall–Kier alpha value is -2.47. The van der Waals surface area contributed by atoms with Gasteiger partial charge >= 0.3 is 0 Å². The summed E-state index contributed by atoms with van der Waals surface area (Å²) in [5.74, 6) is 0.0791. The summed E-state index contributed by atoms with van der Waals surface area (Å²) < 4.78 is 2.92. The minimum atomic E-state index is -0.379. The first-order valence-electron chi connectivity index (χ1n) is 7.66. The fourth-order valence-electron chi connectivity index (χ4n) is 3.07. The molecule has 3 heterocycles. The topological polar surface area (TPSA) is 51.0 Å². The third kappa shape index (κ3) is 2.73. The number of benzene rings is 1. The molecule has 1 amide bonds. The lowest BCUT2D eigenvalue weighted by Gasteiger charge is -2.34. The first-order chi connectivity index (χ1) is 11.7. The zero-order valence-corrected chi connectivity index (χ0v) is 14.4. The van der Waals surface area contributed by atoms with E-state index < -0.39 is 0 Å². The average molecular weight is 383 g/mol. The highest BCUT2D eigenvalue weighted by Crippen LogP contribution is 2.30. The van der Waals surface area contributed by atoms with Crippen molar-refractivity contribution in [1.82, 2.24) is 19.4 Å². The summed E-state index contributed by atoms with van der Waals surface area (Å²) in [4.78, 5) is 23.3. The Kier molecular flexibility index (Phi) is 3.90. The van der Waals surface area contributed by atoms with E-state index in [1.165, 1.54) is 0 Å². The molecule has 0 fully saturated rings. The number of carbonyl (C=O) groups is 1. The molecule has 1 aromatic carbocycles. The molecule has 0 saturated heterocycles. The minimum Gasteiger partial charge on any atom is -0.330 e. The van der Waals surface area contributed by atoms with Crippen LogP contribution in [-0.2, 0) is 17.9 Å². The van der Waals surface area contributed by atoms with Crippen molar-refractivity contribution in [3.63, 3.8) is 0 Å². The smallest absolute Gasteiger partial charge is 0.250 e. The zero-order valence-electron chi connectivity index (χ0n) is 12.8. The van der Waals surface area contributed by atoms with Crippen LogP contribution >= 0.6 is 15.9 Å². The standard InChI is InChI=1S/C18H15BrN4O/c19-15-3-1-2-14(8-15)17-18(24)22(10-13-4-6-20-7-5-13)11-16-9-21-12-23(16)17/h1-9,12,17H,10-11H2. The molecule has 24 heavy (non-hydrogen) atoms. The van der Waals surface area contributed by atoms with Crippen LogP contribution in [0.3, 0.4) is 0 Å². The van der Waals surface area contributed by atoms with Gasteiger partial charge in [-0.2, -0.15) is 0 Å². The van der Waals surface area contributed by atoms with Crippen LogP contribution in [0.2, 0.25) is 0 Å². The molecule has 5 nitrogen and oxygen atoms in total. The van der Waals surface area contributed by atoms with Crippen molar-refractivity contribution < 1.29 is 4.79 Å². The third-order valence-electron chi connectivity index (χ3n) is 4.21. The van der Waals surface area contributed by atoms with E-state index in [-0.39, 0.29) is 11.9 Å². The van der Waals surface area contributed by atoms with Gasteiger partial charge in [0.2, 0.25) is 0 Å². The number of aromatic nitrogens is 3. The highest BCUT2D eigenvalue weighted by atomic mass is 79.9. The number of nitrogens with zero attached hydrogens (tertiary/aromatic N) is 4. The first-order valence-corrected chi connectivity index (χ1v) is 8.45. The van der Waals surface area contributed by atoms with Gasteiger partial charge in [0.05, 0.1) is 18.6 Å². The van der Waals surface area contributed by atoms with Crippen molar-refractivity contribution in [3.05, 3.63) is 82.6 Å².